The SMILES string of the molecule is CCNCc1c(Cl)cccc1OC(C)C(=O)OC. The second kappa shape index (κ2) is 7.24. The number of rotatable bonds is 6. The van der Waals surface area contributed by atoms with Crippen LogP contribution in [0.15, 0.2) is 18.2 Å². The van der Waals surface area contributed by atoms with E-state index in [2.05, 4.69) is 10.1 Å². The molecule has 1 atom stereocenters. The average molecular weight is 272 g/mol. The maximum Gasteiger partial charge on any atom is 0.346 e. The topological polar surface area (TPSA) is 47.6 Å². The summed E-state index contributed by atoms with van der Waals surface area (Å²) in [5, 5.41) is 3.80. The minimum Gasteiger partial charge on any atom is -0.479 e. The fourth-order valence-electron chi connectivity index (χ4n) is 1.48. The molecule has 1 aromatic rings. The van der Waals surface area contributed by atoms with Crippen LogP contribution >= 0.6 is 11.6 Å². The molecule has 0 aliphatic heterocycles. The van der Waals surface area contributed by atoms with Gasteiger partial charge in [0, 0.05) is 17.1 Å². The van der Waals surface area contributed by atoms with E-state index in [0.717, 1.165) is 12.1 Å². The molecule has 1 unspecified atom stereocenters. The van der Waals surface area contributed by atoms with Crippen LogP contribution < -0.4 is 10.1 Å². The molecule has 0 radical (unpaired) electrons. The number of halogens is 1. The highest BCUT2D eigenvalue weighted by Gasteiger charge is 2.17. The molecular weight excluding hydrogens is 254 g/mol. The number of carbonyl (C=O) groups excluding carboxylic acids is 1. The van der Waals surface area contributed by atoms with E-state index in [9.17, 15) is 4.79 Å². The average Bonchev–Trinajstić information content (AvgIpc) is 2.37. The van der Waals surface area contributed by atoms with E-state index in [1.54, 1.807) is 25.1 Å². The van der Waals surface area contributed by atoms with Crippen molar-refractivity contribution in [2.45, 2.75) is 26.5 Å². The molecule has 18 heavy (non-hydrogen) atoms. The van der Waals surface area contributed by atoms with E-state index < -0.39 is 12.1 Å². The highest BCUT2D eigenvalue weighted by Crippen LogP contribution is 2.27. The lowest BCUT2D eigenvalue weighted by molar-refractivity contribution is -0.147. The third-order valence-electron chi connectivity index (χ3n) is 2.46. The van der Waals surface area contributed by atoms with Crippen molar-refractivity contribution in [3.63, 3.8) is 0 Å². The zero-order valence-electron chi connectivity index (χ0n) is 10.8. The summed E-state index contributed by atoms with van der Waals surface area (Å²) in [4.78, 5) is 11.3. The first-order chi connectivity index (χ1) is 8.60. The molecule has 1 rings (SSSR count). The van der Waals surface area contributed by atoms with Gasteiger partial charge in [-0.05, 0) is 25.6 Å². The van der Waals surface area contributed by atoms with Gasteiger partial charge in [0.1, 0.15) is 5.75 Å². The molecule has 0 saturated heterocycles. The number of hydrogen-bond donors (Lipinski definition) is 1. The third-order valence-corrected chi connectivity index (χ3v) is 2.82. The first-order valence-electron chi connectivity index (χ1n) is 5.82. The number of hydrogen-bond acceptors (Lipinski definition) is 4. The Balaban J connectivity index is 2.87. The largest absolute Gasteiger partial charge is 0.479 e. The normalized spacial score (nSPS) is 12.0. The predicted octanol–water partition coefficient (Wildman–Crippen LogP) is 2.39. The molecule has 0 aliphatic rings. The van der Waals surface area contributed by atoms with E-state index in [1.165, 1.54) is 7.11 Å². The lowest BCUT2D eigenvalue weighted by atomic mass is 10.2. The summed E-state index contributed by atoms with van der Waals surface area (Å²) in [6.45, 7) is 5.08. The van der Waals surface area contributed by atoms with E-state index in [1.807, 2.05) is 6.92 Å². The molecule has 0 spiro atoms. The van der Waals surface area contributed by atoms with Gasteiger partial charge in [0.05, 0.1) is 7.11 Å². The molecule has 1 N–H and O–H groups in total. The second-order valence-corrected chi connectivity index (χ2v) is 4.19. The van der Waals surface area contributed by atoms with Crippen LogP contribution in [0.2, 0.25) is 5.02 Å². The molecular formula is C13H18ClNO3. The predicted molar refractivity (Wildman–Crippen MR) is 70.9 cm³/mol. The number of esters is 1. The number of benzene rings is 1. The summed E-state index contributed by atoms with van der Waals surface area (Å²) in [6, 6.07) is 5.37. The summed E-state index contributed by atoms with van der Waals surface area (Å²) < 4.78 is 10.2. The fourth-order valence-corrected chi connectivity index (χ4v) is 1.71. The summed E-state index contributed by atoms with van der Waals surface area (Å²) in [5.41, 5.74) is 0.844. The minimum atomic E-state index is -0.658. The van der Waals surface area contributed by atoms with Crippen LogP contribution in [0.25, 0.3) is 0 Å². The van der Waals surface area contributed by atoms with Gasteiger partial charge in [-0.2, -0.15) is 0 Å². The Kier molecular flexibility index (Phi) is 5.95. The first-order valence-corrected chi connectivity index (χ1v) is 6.20. The van der Waals surface area contributed by atoms with Crippen molar-refractivity contribution in [1.29, 1.82) is 0 Å². The molecule has 0 saturated carbocycles. The van der Waals surface area contributed by atoms with Gasteiger partial charge in [0.15, 0.2) is 6.10 Å². The Labute approximate surface area is 112 Å². The Hall–Kier alpha value is -1.26. The fraction of sp³-hybridized carbons (Fsp3) is 0.462. The van der Waals surface area contributed by atoms with Crippen LogP contribution in [0.3, 0.4) is 0 Å². The molecule has 0 heterocycles. The Morgan fingerprint density at radius 2 is 2.22 bits per heavy atom. The van der Waals surface area contributed by atoms with Crippen LogP contribution in [0.1, 0.15) is 19.4 Å². The highest BCUT2D eigenvalue weighted by molar-refractivity contribution is 6.31. The van der Waals surface area contributed by atoms with Crippen LogP contribution in [0, 0.1) is 0 Å². The van der Waals surface area contributed by atoms with Gasteiger partial charge in [-0.1, -0.05) is 24.6 Å². The van der Waals surface area contributed by atoms with Crippen LogP contribution in [0.4, 0.5) is 0 Å². The molecule has 0 aromatic heterocycles. The van der Waals surface area contributed by atoms with Gasteiger partial charge in [-0.15, -0.1) is 0 Å². The molecule has 0 fully saturated rings. The quantitative estimate of drug-likeness (QED) is 0.807. The van der Waals surface area contributed by atoms with Gasteiger partial charge >= 0.3 is 5.97 Å². The lowest BCUT2D eigenvalue weighted by Gasteiger charge is -2.16. The number of carbonyl (C=O) groups is 1. The van der Waals surface area contributed by atoms with Crippen molar-refractivity contribution in [2.24, 2.45) is 0 Å². The first kappa shape index (κ1) is 14.8. The Bertz CT molecular complexity index is 409. The number of nitrogens with one attached hydrogen (secondary N) is 1. The molecule has 5 heteroatoms. The number of ether oxygens (including phenoxy) is 2. The zero-order valence-corrected chi connectivity index (χ0v) is 11.6. The van der Waals surface area contributed by atoms with Crippen molar-refractivity contribution >= 4 is 17.6 Å². The summed E-state index contributed by atoms with van der Waals surface area (Å²) in [7, 11) is 1.33. The van der Waals surface area contributed by atoms with E-state index in [-0.39, 0.29) is 0 Å². The van der Waals surface area contributed by atoms with Crippen LogP contribution in [-0.4, -0.2) is 25.7 Å². The van der Waals surface area contributed by atoms with Crippen molar-refractivity contribution in [3.8, 4) is 5.75 Å². The van der Waals surface area contributed by atoms with Gasteiger partial charge in [-0.3, -0.25) is 0 Å². The van der Waals surface area contributed by atoms with E-state index in [0.29, 0.717) is 17.3 Å². The summed E-state index contributed by atoms with van der Waals surface area (Å²) >= 11 is 6.13. The maximum atomic E-state index is 11.3. The van der Waals surface area contributed by atoms with Crippen molar-refractivity contribution in [3.05, 3.63) is 28.8 Å². The minimum absolute atomic E-state index is 0.413. The van der Waals surface area contributed by atoms with Crippen molar-refractivity contribution < 1.29 is 14.3 Å². The molecule has 4 nitrogen and oxygen atoms in total. The highest BCUT2D eigenvalue weighted by atomic mass is 35.5. The van der Waals surface area contributed by atoms with Gasteiger partial charge in [0.25, 0.3) is 0 Å². The number of methoxy groups -OCH3 is 1. The van der Waals surface area contributed by atoms with E-state index >= 15 is 0 Å². The second-order valence-electron chi connectivity index (χ2n) is 3.78. The van der Waals surface area contributed by atoms with Gasteiger partial charge < -0.3 is 14.8 Å². The van der Waals surface area contributed by atoms with Crippen molar-refractivity contribution in [1.82, 2.24) is 5.32 Å². The monoisotopic (exact) mass is 271 g/mol. The Morgan fingerprint density at radius 1 is 1.50 bits per heavy atom. The van der Waals surface area contributed by atoms with Gasteiger partial charge in [0.2, 0.25) is 0 Å². The van der Waals surface area contributed by atoms with Crippen molar-refractivity contribution in [2.75, 3.05) is 13.7 Å². The molecule has 100 valence electrons. The summed E-state index contributed by atoms with van der Waals surface area (Å²) in [6.07, 6.45) is -0.658. The van der Waals surface area contributed by atoms with Gasteiger partial charge in [-0.25, -0.2) is 4.79 Å². The third kappa shape index (κ3) is 3.89. The summed E-state index contributed by atoms with van der Waals surface area (Å²) in [5.74, 6) is 0.186. The van der Waals surface area contributed by atoms with Crippen LogP contribution in [0.5, 0.6) is 5.75 Å². The molecule has 0 bridgehead atoms. The lowest BCUT2D eigenvalue weighted by Crippen LogP contribution is -2.26. The molecule has 0 aliphatic carbocycles. The molecule has 0 amide bonds. The Morgan fingerprint density at radius 3 is 2.83 bits per heavy atom. The van der Waals surface area contributed by atoms with Crippen LogP contribution in [-0.2, 0) is 16.1 Å². The maximum absolute atomic E-state index is 11.3. The standard InChI is InChI=1S/C13H18ClNO3/c1-4-15-8-10-11(14)6-5-7-12(10)18-9(2)13(16)17-3/h5-7,9,15H,4,8H2,1-3H3. The zero-order chi connectivity index (χ0) is 13.5. The smallest absolute Gasteiger partial charge is 0.346 e. The molecule has 1 aromatic carbocycles. The van der Waals surface area contributed by atoms with E-state index in [4.69, 9.17) is 16.3 Å².